The molecule has 17 heavy (non-hydrogen) atoms. The van der Waals surface area contributed by atoms with Gasteiger partial charge in [0.1, 0.15) is 12.3 Å². The van der Waals surface area contributed by atoms with Gasteiger partial charge in [0.05, 0.1) is 23.4 Å². The van der Waals surface area contributed by atoms with Gasteiger partial charge in [0, 0.05) is 6.20 Å². The van der Waals surface area contributed by atoms with Crippen molar-refractivity contribution in [3.8, 4) is 0 Å². The number of hydrogen-bond donors (Lipinski definition) is 1. The lowest BCUT2D eigenvalue weighted by Crippen LogP contribution is -1.99. The van der Waals surface area contributed by atoms with Crippen LogP contribution in [0.4, 0.5) is 0 Å². The highest BCUT2D eigenvalue weighted by Gasteiger charge is 2.07. The number of pyridine rings is 1. The van der Waals surface area contributed by atoms with E-state index in [2.05, 4.69) is 15.0 Å². The van der Waals surface area contributed by atoms with Crippen LogP contribution in [0.1, 0.15) is 11.7 Å². The normalized spacial score (nSPS) is 11.1. The van der Waals surface area contributed by atoms with Gasteiger partial charge in [0.2, 0.25) is 5.89 Å². The smallest absolute Gasteiger partial charge is 0.214 e. The van der Waals surface area contributed by atoms with E-state index in [9.17, 15) is 0 Å². The number of hydrogen-bond acceptors (Lipinski definition) is 4. The minimum absolute atomic E-state index is 0.524. The zero-order valence-corrected chi connectivity index (χ0v) is 9.99. The van der Waals surface area contributed by atoms with Crippen molar-refractivity contribution in [2.45, 2.75) is 13.5 Å². The van der Waals surface area contributed by atoms with Crippen LogP contribution in [0.25, 0.3) is 11.0 Å². The summed E-state index contributed by atoms with van der Waals surface area (Å²) >= 11 is 5.27. The fourth-order valence-corrected chi connectivity index (χ4v) is 2.05. The number of fused-ring (bicyclic) bond motifs is 1. The van der Waals surface area contributed by atoms with Crippen LogP contribution in [0.3, 0.4) is 0 Å². The molecule has 0 bridgehead atoms. The Bertz CT molecular complexity index is 724. The minimum atomic E-state index is 0.524. The quantitative estimate of drug-likeness (QED) is 0.705. The standard InChI is InChI=1S/C11H10N4OS/c1-7-4-13-10(16-7)6-15-9-2-3-12-5-8(9)14-11(15)17/h2-5H,6H2,1H3,(H,14,17). The molecule has 5 nitrogen and oxygen atoms in total. The SMILES string of the molecule is Cc1cnc(Cn2c(=S)[nH]c3cnccc32)o1. The molecule has 3 aromatic heterocycles. The maximum Gasteiger partial charge on any atom is 0.214 e. The number of aryl methyl sites for hydroxylation is 1. The molecule has 3 rings (SSSR count). The number of imidazole rings is 1. The zero-order chi connectivity index (χ0) is 11.8. The Morgan fingerprint density at radius 1 is 1.47 bits per heavy atom. The second-order valence-corrected chi connectivity index (χ2v) is 4.16. The van der Waals surface area contributed by atoms with E-state index >= 15 is 0 Å². The van der Waals surface area contributed by atoms with Gasteiger partial charge in [-0.1, -0.05) is 0 Å². The number of nitrogens with zero attached hydrogens (tertiary/aromatic N) is 3. The summed E-state index contributed by atoms with van der Waals surface area (Å²) in [7, 11) is 0. The number of rotatable bonds is 2. The molecule has 3 aromatic rings. The molecule has 0 amide bonds. The molecule has 6 heteroatoms. The van der Waals surface area contributed by atoms with Crippen LogP contribution in [0, 0.1) is 11.7 Å². The van der Waals surface area contributed by atoms with E-state index in [1.165, 1.54) is 0 Å². The summed E-state index contributed by atoms with van der Waals surface area (Å²) < 4.78 is 8.04. The predicted molar refractivity (Wildman–Crippen MR) is 65.3 cm³/mol. The van der Waals surface area contributed by atoms with Crippen LogP contribution < -0.4 is 0 Å². The number of H-pyrrole nitrogens is 1. The lowest BCUT2D eigenvalue weighted by atomic mass is 10.4. The third kappa shape index (κ3) is 1.76. The molecule has 0 aliphatic rings. The summed E-state index contributed by atoms with van der Waals surface area (Å²) in [6, 6.07) is 1.91. The van der Waals surface area contributed by atoms with Crippen molar-refractivity contribution in [2.24, 2.45) is 0 Å². The molecule has 0 spiro atoms. The third-order valence-electron chi connectivity index (χ3n) is 2.54. The highest BCUT2D eigenvalue weighted by Crippen LogP contribution is 2.14. The van der Waals surface area contributed by atoms with Crippen molar-refractivity contribution in [3.63, 3.8) is 0 Å². The molecule has 0 aliphatic carbocycles. The first-order valence-corrected chi connectivity index (χ1v) is 5.59. The van der Waals surface area contributed by atoms with E-state index in [1.807, 2.05) is 17.6 Å². The Hall–Kier alpha value is -1.95. The van der Waals surface area contributed by atoms with E-state index in [0.717, 1.165) is 16.8 Å². The lowest BCUT2D eigenvalue weighted by molar-refractivity contribution is 0.459. The van der Waals surface area contributed by atoms with Crippen molar-refractivity contribution in [1.82, 2.24) is 19.5 Å². The van der Waals surface area contributed by atoms with Crippen molar-refractivity contribution in [1.29, 1.82) is 0 Å². The highest BCUT2D eigenvalue weighted by molar-refractivity contribution is 7.71. The topological polar surface area (TPSA) is 59.6 Å². The van der Waals surface area contributed by atoms with Gasteiger partial charge in [-0.3, -0.25) is 4.98 Å². The number of nitrogens with one attached hydrogen (secondary N) is 1. The van der Waals surface area contributed by atoms with E-state index in [0.29, 0.717) is 17.2 Å². The molecule has 0 aliphatic heterocycles. The van der Waals surface area contributed by atoms with E-state index in [4.69, 9.17) is 16.6 Å². The summed E-state index contributed by atoms with van der Waals surface area (Å²) in [5.74, 6) is 1.45. The van der Waals surface area contributed by atoms with Crippen LogP contribution >= 0.6 is 12.2 Å². The second-order valence-electron chi connectivity index (χ2n) is 3.77. The number of oxazole rings is 1. The molecule has 0 fully saturated rings. The van der Waals surface area contributed by atoms with Crippen LogP contribution in [0.15, 0.2) is 29.1 Å². The maximum absolute atomic E-state index is 5.45. The first-order valence-electron chi connectivity index (χ1n) is 5.18. The highest BCUT2D eigenvalue weighted by atomic mass is 32.1. The Labute approximate surface area is 102 Å². The Kier molecular flexibility index (Phi) is 2.29. The fraction of sp³-hybridized carbons (Fsp3) is 0.182. The van der Waals surface area contributed by atoms with Crippen molar-refractivity contribution >= 4 is 23.3 Å². The van der Waals surface area contributed by atoms with Gasteiger partial charge in [0.15, 0.2) is 4.77 Å². The summed E-state index contributed by atoms with van der Waals surface area (Å²) in [6.07, 6.45) is 5.19. The van der Waals surface area contributed by atoms with Crippen molar-refractivity contribution in [2.75, 3.05) is 0 Å². The molecule has 1 N–H and O–H groups in total. The largest absolute Gasteiger partial charge is 0.444 e. The molecule has 86 valence electrons. The summed E-state index contributed by atoms with van der Waals surface area (Å²) in [5.41, 5.74) is 1.92. The molecular weight excluding hydrogens is 236 g/mol. The molecule has 0 saturated heterocycles. The number of aromatic amines is 1. The van der Waals surface area contributed by atoms with E-state index < -0.39 is 0 Å². The van der Waals surface area contributed by atoms with Gasteiger partial charge >= 0.3 is 0 Å². The Morgan fingerprint density at radius 2 is 2.35 bits per heavy atom. The van der Waals surface area contributed by atoms with Gasteiger partial charge < -0.3 is 14.0 Å². The van der Waals surface area contributed by atoms with Crippen LogP contribution in [-0.2, 0) is 6.54 Å². The zero-order valence-electron chi connectivity index (χ0n) is 9.17. The van der Waals surface area contributed by atoms with Crippen molar-refractivity contribution < 1.29 is 4.42 Å². The van der Waals surface area contributed by atoms with Gasteiger partial charge in [-0.15, -0.1) is 0 Å². The average molecular weight is 246 g/mol. The van der Waals surface area contributed by atoms with Gasteiger partial charge in [-0.05, 0) is 25.2 Å². The molecule has 0 atom stereocenters. The second kappa shape index (κ2) is 3.81. The van der Waals surface area contributed by atoms with Gasteiger partial charge in [0.25, 0.3) is 0 Å². The summed E-state index contributed by atoms with van der Waals surface area (Å²) in [6.45, 7) is 2.39. The first kappa shape index (κ1) is 10.2. The molecule has 3 heterocycles. The maximum atomic E-state index is 5.45. The molecule has 0 saturated carbocycles. The van der Waals surface area contributed by atoms with Crippen LogP contribution in [0.5, 0.6) is 0 Å². The number of aromatic nitrogens is 4. The van der Waals surface area contributed by atoms with Crippen LogP contribution in [0.2, 0.25) is 0 Å². The first-order chi connectivity index (χ1) is 8.24. The molecular formula is C11H10N4OS. The Balaban J connectivity index is 2.11. The molecule has 0 unspecified atom stereocenters. The monoisotopic (exact) mass is 246 g/mol. The Morgan fingerprint density at radius 3 is 3.12 bits per heavy atom. The minimum Gasteiger partial charge on any atom is -0.444 e. The lowest BCUT2D eigenvalue weighted by Gasteiger charge is -2.00. The van der Waals surface area contributed by atoms with E-state index in [-0.39, 0.29) is 0 Å². The average Bonchev–Trinajstić information content (AvgIpc) is 2.85. The van der Waals surface area contributed by atoms with Crippen LogP contribution in [-0.4, -0.2) is 19.5 Å². The van der Waals surface area contributed by atoms with E-state index in [1.54, 1.807) is 18.6 Å². The third-order valence-corrected chi connectivity index (χ3v) is 2.86. The fourth-order valence-electron chi connectivity index (χ4n) is 1.78. The predicted octanol–water partition coefficient (Wildman–Crippen LogP) is 2.44. The van der Waals surface area contributed by atoms with Crippen molar-refractivity contribution in [3.05, 3.63) is 41.1 Å². The molecule has 0 aromatic carbocycles. The summed E-state index contributed by atoms with van der Waals surface area (Å²) in [4.78, 5) is 11.3. The molecule has 0 radical (unpaired) electrons. The van der Waals surface area contributed by atoms with Gasteiger partial charge in [-0.2, -0.15) is 0 Å². The summed E-state index contributed by atoms with van der Waals surface area (Å²) in [5, 5.41) is 0. The van der Waals surface area contributed by atoms with Gasteiger partial charge in [-0.25, -0.2) is 4.98 Å².